The van der Waals surface area contributed by atoms with Crippen molar-refractivity contribution in [3.63, 3.8) is 0 Å². The third kappa shape index (κ3) is 3.22. The van der Waals surface area contributed by atoms with E-state index in [4.69, 9.17) is 11.6 Å². The minimum absolute atomic E-state index is 0.112. The third-order valence-corrected chi connectivity index (χ3v) is 3.10. The highest BCUT2D eigenvalue weighted by atomic mass is 35.5. The minimum atomic E-state index is -4.47. The number of anilines is 1. The molecule has 0 radical (unpaired) electrons. The predicted octanol–water partition coefficient (Wildman–Crippen LogP) is 5.11. The molecule has 0 fully saturated rings. The SMILES string of the molecule is Fc1cccc(Cl)c1CNc1ccccc1C(F)(F)F. The van der Waals surface area contributed by atoms with Crippen LogP contribution in [0.2, 0.25) is 5.02 Å². The number of nitrogens with one attached hydrogen (secondary N) is 1. The standard InChI is InChI=1S/C14H10ClF4N/c15-11-5-3-6-12(16)9(11)8-20-13-7-2-1-4-10(13)14(17,18)19/h1-7,20H,8H2. The van der Waals surface area contributed by atoms with Gasteiger partial charge in [-0.15, -0.1) is 0 Å². The van der Waals surface area contributed by atoms with Gasteiger partial charge in [0.15, 0.2) is 0 Å². The van der Waals surface area contributed by atoms with Gasteiger partial charge in [0.2, 0.25) is 0 Å². The summed E-state index contributed by atoms with van der Waals surface area (Å²) in [5.74, 6) is -0.561. The Morgan fingerprint density at radius 2 is 1.70 bits per heavy atom. The van der Waals surface area contributed by atoms with E-state index in [-0.39, 0.29) is 22.8 Å². The van der Waals surface area contributed by atoms with Gasteiger partial charge in [0.1, 0.15) is 5.82 Å². The van der Waals surface area contributed by atoms with Gasteiger partial charge >= 0.3 is 6.18 Å². The number of para-hydroxylation sites is 1. The number of benzene rings is 2. The zero-order valence-corrected chi connectivity index (χ0v) is 10.9. The fourth-order valence-corrected chi connectivity index (χ4v) is 2.00. The van der Waals surface area contributed by atoms with Gasteiger partial charge in [-0.1, -0.05) is 29.8 Å². The fraction of sp³-hybridized carbons (Fsp3) is 0.143. The molecule has 0 saturated heterocycles. The first-order valence-corrected chi connectivity index (χ1v) is 6.10. The lowest BCUT2D eigenvalue weighted by atomic mass is 10.1. The first-order chi connectivity index (χ1) is 9.39. The maximum Gasteiger partial charge on any atom is 0.418 e. The van der Waals surface area contributed by atoms with E-state index in [1.54, 1.807) is 0 Å². The molecule has 2 aromatic carbocycles. The van der Waals surface area contributed by atoms with Crippen molar-refractivity contribution >= 4 is 17.3 Å². The Labute approximate surface area is 118 Å². The second-order valence-corrected chi connectivity index (χ2v) is 4.50. The van der Waals surface area contributed by atoms with Gasteiger partial charge in [-0.05, 0) is 24.3 Å². The molecule has 6 heteroatoms. The lowest BCUT2D eigenvalue weighted by Crippen LogP contribution is -2.11. The zero-order chi connectivity index (χ0) is 14.8. The predicted molar refractivity (Wildman–Crippen MR) is 70.2 cm³/mol. The number of halogens is 5. The summed E-state index contributed by atoms with van der Waals surface area (Å²) in [4.78, 5) is 0. The molecule has 0 aliphatic heterocycles. The molecule has 1 nitrogen and oxygen atoms in total. The third-order valence-electron chi connectivity index (χ3n) is 2.75. The molecule has 0 aliphatic rings. The van der Waals surface area contributed by atoms with Crippen LogP contribution in [-0.2, 0) is 12.7 Å². The van der Waals surface area contributed by atoms with Gasteiger partial charge in [-0.3, -0.25) is 0 Å². The summed E-state index contributed by atoms with van der Waals surface area (Å²) in [6, 6.07) is 9.15. The van der Waals surface area contributed by atoms with Gasteiger partial charge in [-0.25, -0.2) is 4.39 Å². The van der Waals surface area contributed by atoms with Crippen molar-refractivity contribution in [1.82, 2.24) is 0 Å². The normalized spacial score (nSPS) is 11.4. The second-order valence-electron chi connectivity index (χ2n) is 4.10. The Morgan fingerprint density at radius 1 is 1.00 bits per heavy atom. The van der Waals surface area contributed by atoms with Gasteiger partial charge in [0, 0.05) is 22.8 Å². The molecule has 0 saturated carbocycles. The van der Waals surface area contributed by atoms with E-state index < -0.39 is 17.6 Å². The van der Waals surface area contributed by atoms with E-state index in [1.807, 2.05) is 0 Å². The monoisotopic (exact) mass is 303 g/mol. The molecule has 0 atom stereocenters. The van der Waals surface area contributed by atoms with E-state index in [2.05, 4.69) is 5.32 Å². The van der Waals surface area contributed by atoms with Crippen molar-refractivity contribution in [2.45, 2.75) is 12.7 Å². The number of rotatable bonds is 3. The second kappa shape index (κ2) is 5.71. The largest absolute Gasteiger partial charge is 0.418 e. The summed E-state index contributed by atoms with van der Waals surface area (Å²) >= 11 is 5.82. The molecule has 0 bridgehead atoms. The van der Waals surface area contributed by atoms with E-state index in [0.717, 1.165) is 6.07 Å². The maximum absolute atomic E-state index is 13.5. The molecule has 0 unspecified atom stereocenters. The first kappa shape index (κ1) is 14.7. The van der Waals surface area contributed by atoms with Gasteiger partial charge < -0.3 is 5.32 Å². The number of alkyl halides is 3. The van der Waals surface area contributed by atoms with Crippen LogP contribution in [0.3, 0.4) is 0 Å². The summed E-state index contributed by atoms with van der Waals surface area (Å²) in [5.41, 5.74) is -0.780. The van der Waals surface area contributed by atoms with Crippen molar-refractivity contribution in [2.24, 2.45) is 0 Å². The molecule has 0 aromatic heterocycles. The van der Waals surface area contributed by atoms with Crippen LogP contribution in [-0.4, -0.2) is 0 Å². The van der Waals surface area contributed by atoms with Crippen LogP contribution in [0.1, 0.15) is 11.1 Å². The Balaban J connectivity index is 2.24. The van der Waals surface area contributed by atoms with Gasteiger partial charge in [0.05, 0.1) is 5.56 Å². The summed E-state index contributed by atoms with van der Waals surface area (Å²) in [6.07, 6.45) is -4.47. The molecule has 20 heavy (non-hydrogen) atoms. The Morgan fingerprint density at radius 3 is 2.35 bits per heavy atom. The van der Waals surface area contributed by atoms with Crippen LogP contribution in [0, 0.1) is 5.82 Å². The molecule has 1 N–H and O–H groups in total. The molecule has 2 aromatic rings. The molecular weight excluding hydrogens is 294 g/mol. The molecule has 0 heterocycles. The van der Waals surface area contributed by atoms with Gasteiger partial charge in [-0.2, -0.15) is 13.2 Å². The summed E-state index contributed by atoms with van der Waals surface area (Å²) in [5, 5.41) is 2.74. The van der Waals surface area contributed by atoms with E-state index in [9.17, 15) is 17.6 Å². The summed E-state index contributed by atoms with van der Waals surface area (Å²) < 4.78 is 51.9. The van der Waals surface area contributed by atoms with Crippen LogP contribution in [0.15, 0.2) is 42.5 Å². The molecule has 106 valence electrons. The minimum Gasteiger partial charge on any atom is -0.380 e. The van der Waals surface area contributed by atoms with Gasteiger partial charge in [0.25, 0.3) is 0 Å². The van der Waals surface area contributed by atoms with Crippen molar-refractivity contribution in [2.75, 3.05) is 5.32 Å². The average molecular weight is 304 g/mol. The Kier molecular flexibility index (Phi) is 4.18. The highest BCUT2D eigenvalue weighted by Gasteiger charge is 2.33. The molecule has 0 amide bonds. The fourth-order valence-electron chi connectivity index (χ4n) is 1.77. The average Bonchev–Trinajstić information content (AvgIpc) is 2.37. The van der Waals surface area contributed by atoms with Crippen LogP contribution < -0.4 is 5.32 Å². The molecule has 2 rings (SSSR count). The Hall–Kier alpha value is -1.75. The van der Waals surface area contributed by atoms with Crippen LogP contribution >= 0.6 is 11.6 Å². The van der Waals surface area contributed by atoms with Crippen molar-refractivity contribution in [1.29, 1.82) is 0 Å². The van der Waals surface area contributed by atoms with Crippen molar-refractivity contribution < 1.29 is 17.6 Å². The lowest BCUT2D eigenvalue weighted by molar-refractivity contribution is -0.136. The smallest absolute Gasteiger partial charge is 0.380 e. The highest BCUT2D eigenvalue weighted by Crippen LogP contribution is 2.35. The first-order valence-electron chi connectivity index (χ1n) is 5.72. The summed E-state index contributed by atoms with van der Waals surface area (Å²) in [6.45, 7) is -0.126. The lowest BCUT2D eigenvalue weighted by Gasteiger charge is -2.15. The maximum atomic E-state index is 13.5. The van der Waals surface area contributed by atoms with Crippen LogP contribution in [0.5, 0.6) is 0 Å². The van der Waals surface area contributed by atoms with Crippen molar-refractivity contribution in [3.8, 4) is 0 Å². The highest BCUT2D eigenvalue weighted by molar-refractivity contribution is 6.31. The quantitative estimate of drug-likeness (QED) is 0.777. The number of hydrogen-bond donors (Lipinski definition) is 1. The van der Waals surface area contributed by atoms with Crippen LogP contribution in [0.25, 0.3) is 0 Å². The zero-order valence-electron chi connectivity index (χ0n) is 10.1. The van der Waals surface area contributed by atoms with Crippen molar-refractivity contribution in [3.05, 3.63) is 64.4 Å². The van der Waals surface area contributed by atoms with E-state index in [1.165, 1.54) is 36.4 Å². The molecule has 0 aliphatic carbocycles. The Bertz CT molecular complexity index is 590. The van der Waals surface area contributed by atoms with E-state index >= 15 is 0 Å². The topological polar surface area (TPSA) is 12.0 Å². The van der Waals surface area contributed by atoms with E-state index in [0.29, 0.717) is 0 Å². The number of hydrogen-bond acceptors (Lipinski definition) is 1. The summed E-state index contributed by atoms with van der Waals surface area (Å²) in [7, 11) is 0. The van der Waals surface area contributed by atoms with Crippen LogP contribution in [0.4, 0.5) is 23.2 Å². The molecular formula is C14H10ClF4N. The molecule has 0 spiro atoms.